The van der Waals surface area contributed by atoms with Gasteiger partial charge in [0.25, 0.3) is 0 Å². The molecular weight excluding hydrogens is 833 g/mol. The van der Waals surface area contributed by atoms with E-state index in [0.29, 0.717) is 5.95 Å². The van der Waals surface area contributed by atoms with E-state index < -0.39 is 0 Å². The van der Waals surface area contributed by atoms with Crippen molar-refractivity contribution in [1.29, 1.82) is 0 Å². The summed E-state index contributed by atoms with van der Waals surface area (Å²) in [6, 6.07) is 75.0. The van der Waals surface area contributed by atoms with Gasteiger partial charge in [-0.2, -0.15) is 0 Å². The number of benzene rings is 9. The highest BCUT2D eigenvalue weighted by molar-refractivity contribution is 7.22. The van der Waals surface area contributed by atoms with Crippen molar-refractivity contribution in [3.05, 3.63) is 224 Å². The molecule has 4 nitrogen and oxygen atoms in total. The molecule has 4 heterocycles. The number of hydrogen-bond donors (Lipinski definition) is 0. The molecule has 13 aromatic rings. The van der Waals surface area contributed by atoms with Gasteiger partial charge >= 0.3 is 0 Å². The quantitative estimate of drug-likeness (QED) is 0.167. The fourth-order valence-electron chi connectivity index (χ4n) is 10.7. The van der Waals surface area contributed by atoms with Gasteiger partial charge in [0.05, 0.1) is 32.5 Å². The summed E-state index contributed by atoms with van der Waals surface area (Å²) in [4.78, 5) is 12.2. The van der Waals surface area contributed by atoms with Gasteiger partial charge in [-0.25, -0.2) is 9.97 Å². The molecule has 4 aromatic heterocycles. The molecule has 9 aromatic carbocycles. The van der Waals surface area contributed by atoms with Gasteiger partial charge in [0.15, 0.2) is 0 Å². The third-order valence-corrected chi connectivity index (χ3v) is 15.0. The lowest BCUT2D eigenvalue weighted by atomic mass is 9.97. The molecule has 0 unspecified atom stereocenters. The molecule has 1 aliphatic carbocycles. The normalized spacial score (nSPS) is 12.6. The third kappa shape index (κ3) is 6.05. The van der Waals surface area contributed by atoms with Gasteiger partial charge in [-0.05, 0) is 105 Å². The zero-order chi connectivity index (χ0) is 44.0. The Hall–Kier alpha value is -8.38. The molecule has 67 heavy (non-hydrogen) atoms. The van der Waals surface area contributed by atoms with Crippen molar-refractivity contribution in [2.45, 2.75) is 12.8 Å². The summed E-state index contributed by atoms with van der Waals surface area (Å²) in [6.45, 7) is 0. The fourth-order valence-corrected chi connectivity index (χ4v) is 11.8. The number of aromatic nitrogens is 4. The molecule has 0 amide bonds. The predicted molar refractivity (Wildman–Crippen MR) is 283 cm³/mol. The van der Waals surface area contributed by atoms with Crippen LogP contribution >= 0.6 is 11.3 Å². The topological polar surface area (TPSA) is 35.6 Å². The second-order valence-electron chi connectivity index (χ2n) is 17.6. The van der Waals surface area contributed by atoms with E-state index in [2.05, 4.69) is 228 Å². The molecule has 1 aliphatic rings. The van der Waals surface area contributed by atoms with Crippen molar-refractivity contribution in [3.63, 3.8) is 0 Å². The Labute approximate surface area is 391 Å². The van der Waals surface area contributed by atoms with Crippen molar-refractivity contribution < 1.29 is 0 Å². The standard InChI is InChI=1S/C62H40N4S/c1-3-16-42(17-4-1)58-38-53-61(67-58)60(43-28-26-41(27-29-43)48-24-13-18-39-14-7-9-21-47(39)48)64-62(63-53)66-55-34-32-44(36-52(55)59-49-22-10-8-15-40(49)31-35-56(59)66)45-30-33-51-50-23-11-12-25-54(50)65(57(51)37-45)46-19-5-2-6-20-46/h1-11,13-24,26-38H,12,25H2. The summed E-state index contributed by atoms with van der Waals surface area (Å²) in [7, 11) is 0. The van der Waals surface area contributed by atoms with Gasteiger partial charge in [0.1, 0.15) is 0 Å². The van der Waals surface area contributed by atoms with E-state index in [0.717, 1.165) is 45.3 Å². The molecule has 0 bridgehead atoms. The molecule has 0 aliphatic heterocycles. The minimum atomic E-state index is 0.654. The maximum absolute atomic E-state index is 5.59. The van der Waals surface area contributed by atoms with Crippen molar-refractivity contribution in [2.24, 2.45) is 0 Å². The first-order valence-electron chi connectivity index (χ1n) is 23.0. The Kier molecular flexibility index (Phi) is 8.55. The Bertz CT molecular complexity index is 4130. The van der Waals surface area contributed by atoms with Gasteiger partial charge < -0.3 is 4.57 Å². The van der Waals surface area contributed by atoms with Gasteiger partial charge in [0, 0.05) is 43.5 Å². The molecule has 314 valence electrons. The molecule has 0 spiro atoms. The molecule has 0 saturated carbocycles. The molecule has 0 N–H and O–H groups in total. The zero-order valence-corrected chi connectivity index (χ0v) is 37.2. The highest BCUT2D eigenvalue weighted by Gasteiger charge is 2.23. The van der Waals surface area contributed by atoms with E-state index in [1.165, 1.54) is 92.9 Å². The van der Waals surface area contributed by atoms with E-state index in [-0.39, 0.29) is 0 Å². The maximum atomic E-state index is 5.59. The van der Waals surface area contributed by atoms with Crippen LogP contribution < -0.4 is 0 Å². The Balaban J connectivity index is 0.980. The van der Waals surface area contributed by atoms with Crippen LogP contribution in [0.1, 0.15) is 17.7 Å². The summed E-state index contributed by atoms with van der Waals surface area (Å²) in [5.74, 6) is 0.654. The number of allylic oxidation sites excluding steroid dienone is 1. The van der Waals surface area contributed by atoms with E-state index in [1.807, 2.05) is 0 Å². The Morgan fingerprint density at radius 1 is 0.448 bits per heavy atom. The lowest BCUT2D eigenvalue weighted by Gasteiger charge is -2.13. The second kappa shape index (κ2) is 15.1. The number of fused-ring (bicyclic) bond motifs is 10. The van der Waals surface area contributed by atoms with Crippen LogP contribution in [0.15, 0.2) is 212 Å². The minimum Gasteiger partial charge on any atom is -0.313 e. The third-order valence-electron chi connectivity index (χ3n) is 13.8. The smallest absolute Gasteiger partial charge is 0.235 e. The lowest BCUT2D eigenvalue weighted by molar-refractivity contribution is 0.888. The summed E-state index contributed by atoms with van der Waals surface area (Å²) >= 11 is 1.76. The number of para-hydroxylation sites is 1. The first kappa shape index (κ1) is 37.9. The predicted octanol–water partition coefficient (Wildman–Crippen LogP) is 16.7. The fraction of sp³-hybridized carbons (Fsp3) is 0.0323. The van der Waals surface area contributed by atoms with Crippen LogP contribution in [0.25, 0.3) is 126 Å². The molecule has 0 fully saturated rings. The Morgan fingerprint density at radius 2 is 1.13 bits per heavy atom. The van der Waals surface area contributed by atoms with Crippen LogP contribution in [0.2, 0.25) is 0 Å². The number of nitrogens with zero attached hydrogens (tertiary/aromatic N) is 4. The number of hydrogen-bond acceptors (Lipinski definition) is 3. The van der Waals surface area contributed by atoms with Crippen LogP contribution in [0.4, 0.5) is 0 Å². The monoisotopic (exact) mass is 872 g/mol. The second-order valence-corrected chi connectivity index (χ2v) is 18.7. The average Bonchev–Trinajstić information content (AvgIpc) is 4.09. The Morgan fingerprint density at radius 3 is 1.99 bits per heavy atom. The first-order chi connectivity index (χ1) is 33.2. The highest BCUT2D eigenvalue weighted by Crippen LogP contribution is 2.43. The minimum absolute atomic E-state index is 0.654. The molecule has 0 atom stereocenters. The maximum Gasteiger partial charge on any atom is 0.235 e. The van der Waals surface area contributed by atoms with Crippen LogP contribution in [0.5, 0.6) is 0 Å². The van der Waals surface area contributed by atoms with Crippen LogP contribution in [-0.4, -0.2) is 19.1 Å². The lowest BCUT2D eigenvalue weighted by Crippen LogP contribution is -2.02. The summed E-state index contributed by atoms with van der Waals surface area (Å²) in [5, 5.41) is 8.55. The molecule has 14 rings (SSSR count). The highest BCUT2D eigenvalue weighted by atomic mass is 32.1. The van der Waals surface area contributed by atoms with E-state index >= 15 is 0 Å². The van der Waals surface area contributed by atoms with Crippen LogP contribution in [-0.2, 0) is 6.42 Å². The van der Waals surface area contributed by atoms with Crippen LogP contribution in [0, 0.1) is 0 Å². The molecule has 0 saturated heterocycles. The van der Waals surface area contributed by atoms with Gasteiger partial charge in [0.2, 0.25) is 5.95 Å². The summed E-state index contributed by atoms with van der Waals surface area (Å²) in [5.41, 5.74) is 16.1. The largest absolute Gasteiger partial charge is 0.313 e. The summed E-state index contributed by atoms with van der Waals surface area (Å²) < 4.78 is 5.84. The van der Waals surface area contributed by atoms with E-state index in [1.54, 1.807) is 11.3 Å². The number of rotatable bonds is 6. The molecule has 5 heteroatoms. The van der Waals surface area contributed by atoms with Crippen LogP contribution in [0.3, 0.4) is 0 Å². The van der Waals surface area contributed by atoms with Crippen molar-refractivity contribution in [2.75, 3.05) is 0 Å². The van der Waals surface area contributed by atoms with Gasteiger partial charge in [-0.1, -0.05) is 176 Å². The number of thiophene rings is 1. The van der Waals surface area contributed by atoms with Crippen molar-refractivity contribution in [1.82, 2.24) is 19.1 Å². The van der Waals surface area contributed by atoms with Crippen molar-refractivity contribution in [3.8, 4) is 55.6 Å². The van der Waals surface area contributed by atoms with E-state index in [4.69, 9.17) is 9.97 Å². The molecule has 0 radical (unpaired) electrons. The van der Waals surface area contributed by atoms with Crippen molar-refractivity contribution >= 4 is 81.9 Å². The van der Waals surface area contributed by atoms with Gasteiger partial charge in [-0.15, -0.1) is 11.3 Å². The van der Waals surface area contributed by atoms with Gasteiger partial charge in [-0.3, -0.25) is 4.57 Å². The zero-order valence-electron chi connectivity index (χ0n) is 36.4. The molecular formula is C62H40N4S. The average molecular weight is 873 g/mol. The SMILES string of the molecule is C1=Cc2c(n(-c3ccccc3)c3cc(-c4ccc5c(c4)c4c6ccccc6ccc4n5-c4nc(-c5ccc(-c6cccc7ccccc67)cc5)c5sc(-c6ccccc6)cc5n4)ccc23)CC1. The first-order valence-corrected chi connectivity index (χ1v) is 23.9. The summed E-state index contributed by atoms with van der Waals surface area (Å²) in [6.07, 6.45) is 6.70. The van der Waals surface area contributed by atoms with E-state index in [9.17, 15) is 0 Å².